The lowest BCUT2D eigenvalue weighted by molar-refractivity contribution is -0.140. The Morgan fingerprint density at radius 2 is 2.00 bits per heavy atom. The van der Waals surface area contributed by atoms with E-state index in [4.69, 9.17) is 0 Å². The molecule has 0 unspecified atom stereocenters. The van der Waals surface area contributed by atoms with Crippen molar-refractivity contribution in [2.45, 2.75) is 32.9 Å². The molecule has 0 spiro atoms. The first-order valence-corrected chi connectivity index (χ1v) is 6.73. The molecule has 4 nitrogen and oxygen atoms in total. The molecule has 1 heterocycles. The van der Waals surface area contributed by atoms with Gasteiger partial charge in [0.1, 0.15) is 12.4 Å². The molecule has 7 heteroatoms. The molecule has 1 aromatic heterocycles. The van der Waals surface area contributed by atoms with Crippen LogP contribution in [0.3, 0.4) is 0 Å². The van der Waals surface area contributed by atoms with E-state index in [0.717, 1.165) is 4.90 Å². The van der Waals surface area contributed by atoms with Gasteiger partial charge in [-0.2, -0.15) is 13.2 Å². The number of halogens is 3. The fourth-order valence-electron chi connectivity index (χ4n) is 1.83. The second-order valence-corrected chi connectivity index (χ2v) is 5.01. The molecule has 0 saturated carbocycles. The van der Waals surface area contributed by atoms with Gasteiger partial charge < -0.3 is 10.2 Å². The molecule has 0 aliphatic heterocycles. The molecule has 0 aromatic carbocycles. The number of rotatable bonds is 5. The molecule has 1 amide bonds. The third-order valence-electron chi connectivity index (χ3n) is 2.98. The highest BCUT2D eigenvalue weighted by Crippen LogP contribution is 2.21. The standard InChI is InChI=1S/C14H20F3N3O/c1-5-20(8-14(15,16)17)13(21)10-6-11(9(2)3)19-12(7-10)18-4/h6-7,9H,5,8H2,1-4H3,(H,18,19). The highest BCUT2D eigenvalue weighted by Gasteiger charge is 2.32. The van der Waals surface area contributed by atoms with Crippen LogP contribution in [0.15, 0.2) is 12.1 Å². The molecule has 0 aliphatic carbocycles. The maximum Gasteiger partial charge on any atom is 0.406 e. The second-order valence-electron chi connectivity index (χ2n) is 5.01. The fourth-order valence-corrected chi connectivity index (χ4v) is 1.83. The number of alkyl halides is 3. The van der Waals surface area contributed by atoms with E-state index in [2.05, 4.69) is 10.3 Å². The third kappa shape index (κ3) is 4.91. The number of amides is 1. The predicted octanol–water partition coefficient (Wildman–Crippen LogP) is 3.27. The van der Waals surface area contributed by atoms with Crippen molar-refractivity contribution in [1.82, 2.24) is 9.88 Å². The van der Waals surface area contributed by atoms with E-state index in [1.54, 1.807) is 13.1 Å². The van der Waals surface area contributed by atoms with E-state index >= 15 is 0 Å². The fraction of sp³-hybridized carbons (Fsp3) is 0.571. The van der Waals surface area contributed by atoms with Crippen LogP contribution >= 0.6 is 0 Å². The molecule has 0 radical (unpaired) electrons. The van der Waals surface area contributed by atoms with E-state index < -0.39 is 18.6 Å². The normalized spacial score (nSPS) is 11.6. The molecule has 0 bridgehead atoms. The van der Waals surface area contributed by atoms with Gasteiger partial charge in [0.15, 0.2) is 0 Å². The molecule has 0 aliphatic rings. The summed E-state index contributed by atoms with van der Waals surface area (Å²) in [6, 6.07) is 3.01. The van der Waals surface area contributed by atoms with Crippen LogP contribution in [0.2, 0.25) is 0 Å². The van der Waals surface area contributed by atoms with Gasteiger partial charge in [0.25, 0.3) is 5.91 Å². The van der Waals surface area contributed by atoms with Gasteiger partial charge in [-0.05, 0) is 25.0 Å². The minimum absolute atomic E-state index is 0.00738. The average molecular weight is 303 g/mol. The zero-order chi connectivity index (χ0) is 16.2. The summed E-state index contributed by atoms with van der Waals surface area (Å²) in [6.07, 6.45) is -4.41. The molecule has 1 rings (SSSR count). The topological polar surface area (TPSA) is 45.2 Å². The summed E-state index contributed by atoms with van der Waals surface area (Å²) < 4.78 is 37.5. The van der Waals surface area contributed by atoms with E-state index in [-0.39, 0.29) is 18.0 Å². The second kappa shape index (κ2) is 6.78. The summed E-state index contributed by atoms with van der Waals surface area (Å²) >= 11 is 0. The van der Waals surface area contributed by atoms with Gasteiger partial charge >= 0.3 is 6.18 Å². The maximum absolute atomic E-state index is 12.5. The molecule has 0 saturated heterocycles. The lowest BCUT2D eigenvalue weighted by atomic mass is 10.1. The predicted molar refractivity (Wildman–Crippen MR) is 75.5 cm³/mol. The SMILES string of the molecule is CCN(CC(F)(F)F)C(=O)c1cc(NC)nc(C(C)C)c1. The van der Waals surface area contributed by atoms with Crippen molar-refractivity contribution in [3.05, 3.63) is 23.4 Å². The molecule has 118 valence electrons. The molecule has 0 fully saturated rings. The van der Waals surface area contributed by atoms with Crippen molar-refractivity contribution in [3.63, 3.8) is 0 Å². The van der Waals surface area contributed by atoms with Crippen molar-refractivity contribution in [1.29, 1.82) is 0 Å². The van der Waals surface area contributed by atoms with Crippen LogP contribution in [0.1, 0.15) is 42.7 Å². The highest BCUT2D eigenvalue weighted by molar-refractivity contribution is 5.95. The number of nitrogens with one attached hydrogen (secondary N) is 1. The van der Waals surface area contributed by atoms with Crippen LogP contribution in [0.25, 0.3) is 0 Å². The van der Waals surface area contributed by atoms with Crippen molar-refractivity contribution in [2.24, 2.45) is 0 Å². The van der Waals surface area contributed by atoms with Gasteiger partial charge in [-0.15, -0.1) is 0 Å². The van der Waals surface area contributed by atoms with Crippen molar-refractivity contribution in [3.8, 4) is 0 Å². The number of anilines is 1. The zero-order valence-electron chi connectivity index (χ0n) is 12.6. The largest absolute Gasteiger partial charge is 0.406 e. The molecule has 21 heavy (non-hydrogen) atoms. The van der Waals surface area contributed by atoms with Crippen LogP contribution in [0.4, 0.5) is 19.0 Å². The van der Waals surface area contributed by atoms with Crippen molar-refractivity contribution in [2.75, 3.05) is 25.5 Å². The maximum atomic E-state index is 12.5. The third-order valence-corrected chi connectivity index (χ3v) is 2.98. The highest BCUT2D eigenvalue weighted by atomic mass is 19.4. The number of pyridine rings is 1. The van der Waals surface area contributed by atoms with Gasteiger partial charge in [0.2, 0.25) is 0 Å². The van der Waals surface area contributed by atoms with Crippen LogP contribution in [-0.4, -0.2) is 42.1 Å². The van der Waals surface area contributed by atoms with Gasteiger partial charge in [-0.1, -0.05) is 13.8 Å². The zero-order valence-corrected chi connectivity index (χ0v) is 12.6. The Labute approximate surface area is 122 Å². The lowest BCUT2D eigenvalue weighted by Gasteiger charge is -2.23. The van der Waals surface area contributed by atoms with Crippen LogP contribution < -0.4 is 5.32 Å². The van der Waals surface area contributed by atoms with E-state index in [9.17, 15) is 18.0 Å². The van der Waals surface area contributed by atoms with Gasteiger partial charge in [-0.25, -0.2) is 4.98 Å². The number of carbonyl (C=O) groups excluding carboxylic acids is 1. The molecule has 1 aromatic rings. The first-order chi connectivity index (χ1) is 9.67. The Bertz CT molecular complexity index is 501. The lowest BCUT2D eigenvalue weighted by Crippen LogP contribution is -2.38. The average Bonchev–Trinajstić information content (AvgIpc) is 2.42. The Morgan fingerprint density at radius 1 is 1.38 bits per heavy atom. The number of hydrogen-bond donors (Lipinski definition) is 1. The summed E-state index contributed by atoms with van der Waals surface area (Å²) in [5.41, 5.74) is 0.873. The van der Waals surface area contributed by atoms with E-state index in [0.29, 0.717) is 11.5 Å². The molecule has 0 atom stereocenters. The van der Waals surface area contributed by atoms with Crippen molar-refractivity contribution >= 4 is 11.7 Å². The number of nitrogens with zero attached hydrogens (tertiary/aromatic N) is 2. The number of aromatic nitrogens is 1. The smallest absolute Gasteiger partial charge is 0.373 e. The Kier molecular flexibility index (Phi) is 5.57. The quantitative estimate of drug-likeness (QED) is 0.908. The first-order valence-electron chi connectivity index (χ1n) is 6.73. The Morgan fingerprint density at radius 3 is 2.43 bits per heavy atom. The summed E-state index contributed by atoms with van der Waals surface area (Å²) in [4.78, 5) is 17.3. The number of carbonyl (C=O) groups is 1. The molecular weight excluding hydrogens is 283 g/mol. The summed E-state index contributed by atoms with van der Waals surface area (Å²) in [6.45, 7) is 4.07. The van der Waals surface area contributed by atoms with Crippen molar-refractivity contribution < 1.29 is 18.0 Å². The number of hydrogen-bond acceptors (Lipinski definition) is 3. The van der Waals surface area contributed by atoms with E-state index in [1.165, 1.54) is 13.0 Å². The first kappa shape index (κ1) is 17.3. The monoisotopic (exact) mass is 303 g/mol. The molecular formula is C14H20F3N3O. The Hall–Kier alpha value is -1.79. The van der Waals surface area contributed by atoms with Gasteiger partial charge in [0, 0.05) is 24.8 Å². The van der Waals surface area contributed by atoms with Crippen LogP contribution in [0, 0.1) is 0 Å². The molecule has 1 N–H and O–H groups in total. The summed E-state index contributed by atoms with van der Waals surface area (Å²) in [5, 5.41) is 2.82. The van der Waals surface area contributed by atoms with Gasteiger partial charge in [-0.3, -0.25) is 4.79 Å². The summed E-state index contributed by atoms with van der Waals surface area (Å²) in [5.74, 6) is -0.106. The Balaban J connectivity index is 3.12. The minimum Gasteiger partial charge on any atom is -0.373 e. The van der Waals surface area contributed by atoms with Crippen LogP contribution in [-0.2, 0) is 0 Å². The summed E-state index contributed by atoms with van der Waals surface area (Å²) in [7, 11) is 1.65. The van der Waals surface area contributed by atoms with Gasteiger partial charge in [0.05, 0.1) is 0 Å². The van der Waals surface area contributed by atoms with E-state index in [1.807, 2.05) is 13.8 Å². The van der Waals surface area contributed by atoms with Crippen LogP contribution in [0.5, 0.6) is 0 Å². The minimum atomic E-state index is -4.41.